The highest BCUT2D eigenvalue weighted by Gasteiger charge is 2.14. The van der Waals surface area contributed by atoms with Crippen LogP contribution in [-0.4, -0.2) is 0 Å². The molecule has 0 bridgehead atoms. The molecule has 0 radical (unpaired) electrons. The molecule has 1 rings (SSSR count). The van der Waals surface area contributed by atoms with E-state index in [9.17, 15) is 4.79 Å². The van der Waals surface area contributed by atoms with E-state index >= 15 is 0 Å². The van der Waals surface area contributed by atoms with Crippen LogP contribution in [-0.2, 0) is 6.42 Å². The van der Waals surface area contributed by atoms with Crippen LogP contribution >= 0.6 is 0 Å². The molecule has 0 aliphatic rings. The molecular formula is C8H12O. The fourth-order valence-electron chi connectivity index (χ4n) is 0.962. The largest absolute Gasteiger partial charge is 0.289 e. The van der Waals surface area contributed by atoms with Gasteiger partial charge < -0.3 is 0 Å². The van der Waals surface area contributed by atoms with Crippen molar-refractivity contribution in [2.75, 3.05) is 0 Å². The van der Waals surface area contributed by atoms with Crippen LogP contribution < -0.4 is 5.43 Å². The zero-order chi connectivity index (χ0) is 6.85. The topological polar surface area (TPSA) is 17.1 Å². The summed E-state index contributed by atoms with van der Waals surface area (Å²) < 4.78 is 0. The van der Waals surface area contributed by atoms with E-state index in [1.165, 1.54) is 12.8 Å². The van der Waals surface area contributed by atoms with Gasteiger partial charge >= 0.3 is 0 Å². The van der Waals surface area contributed by atoms with E-state index in [0.29, 0.717) is 5.43 Å². The maximum Gasteiger partial charge on any atom is 0.185 e. The molecular weight excluding hydrogens is 112 g/mol. The smallest absolute Gasteiger partial charge is 0.185 e. The van der Waals surface area contributed by atoms with E-state index in [4.69, 9.17) is 0 Å². The molecule has 1 nitrogen and oxygen atoms in total. The van der Waals surface area contributed by atoms with Gasteiger partial charge in [0.25, 0.3) is 0 Å². The van der Waals surface area contributed by atoms with Gasteiger partial charge in [0.05, 0.1) is 0 Å². The number of unbranched alkanes of at least 4 members (excludes halogenated alkanes) is 1. The lowest BCUT2D eigenvalue weighted by atomic mass is 10.2. The highest BCUT2D eigenvalue weighted by atomic mass is 16.1. The summed E-state index contributed by atoms with van der Waals surface area (Å²) >= 11 is 0. The van der Waals surface area contributed by atoms with Crippen LogP contribution in [0.2, 0.25) is 0 Å². The third-order valence-corrected chi connectivity index (χ3v) is 1.79. The zero-order valence-corrected chi connectivity index (χ0v) is 6.03. The summed E-state index contributed by atoms with van der Waals surface area (Å²) in [5.74, 6) is 0. The number of hydrogen-bond donors (Lipinski definition) is 0. The summed E-state index contributed by atoms with van der Waals surface area (Å²) in [6.45, 7) is 4.05. The molecule has 0 heterocycles. The average Bonchev–Trinajstić information content (AvgIpc) is 2.39. The minimum absolute atomic E-state index is 0.323. The van der Waals surface area contributed by atoms with Gasteiger partial charge in [-0.05, 0) is 19.8 Å². The minimum Gasteiger partial charge on any atom is -0.289 e. The first-order valence-corrected chi connectivity index (χ1v) is 3.51. The molecule has 0 saturated heterocycles. The van der Waals surface area contributed by atoms with E-state index in [0.717, 1.165) is 17.5 Å². The lowest BCUT2D eigenvalue weighted by Crippen LogP contribution is -1.81. The quantitative estimate of drug-likeness (QED) is 0.597. The monoisotopic (exact) mass is 124 g/mol. The third-order valence-electron chi connectivity index (χ3n) is 1.79. The Bertz CT molecular complexity index is 204. The Kier molecular flexibility index (Phi) is 1.70. The van der Waals surface area contributed by atoms with Crippen LogP contribution in [0.5, 0.6) is 0 Å². The van der Waals surface area contributed by atoms with Gasteiger partial charge in [-0.25, -0.2) is 0 Å². The molecule has 0 aliphatic carbocycles. The molecule has 1 heteroatoms. The van der Waals surface area contributed by atoms with E-state index in [-0.39, 0.29) is 0 Å². The summed E-state index contributed by atoms with van der Waals surface area (Å²) in [5, 5.41) is 0. The molecule has 1 aromatic rings. The van der Waals surface area contributed by atoms with Gasteiger partial charge in [0.1, 0.15) is 0 Å². The molecule has 1 aromatic carbocycles. The van der Waals surface area contributed by atoms with Gasteiger partial charge in [-0.2, -0.15) is 0 Å². The van der Waals surface area contributed by atoms with Crippen molar-refractivity contribution < 1.29 is 0 Å². The SMILES string of the molecule is CCCCc1c(C)c1=O. The van der Waals surface area contributed by atoms with Gasteiger partial charge in [0.15, 0.2) is 5.43 Å². The molecule has 9 heavy (non-hydrogen) atoms. The first-order chi connectivity index (χ1) is 4.27. The van der Waals surface area contributed by atoms with Crippen LogP contribution in [0.1, 0.15) is 30.9 Å². The van der Waals surface area contributed by atoms with Crippen LogP contribution in [0.15, 0.2) is 4.79 Å². The fraction of sp³-hybridized carbons (Fsp3) is 0.625. The Balaban J connectivity index is 2.33. The Hall–Kier alpha value is -0.590. The van der Waals surface area contributed by atoms with E-state index in [1.54, 1.807) is 0 Å². The van der Waals surface area contributed by atoms with Gasteiger partial charge in [0, 0.05) is 11.1 Å². The van der Waals surface area contributed by atoms with Crippen molar-refractivity contribution in [3.8, 4) is 0 Å². The standard InChI is InChI=1S/C8H12O/c1-3-4-5-7-6(2)8(7)9/h3-5H2,1-2H3. The lowest BCUT2D eigenvalue weighted by Gasteiger charge is -1.84. The molecule has 0 atom stereocenters. The molecule has 50 valence electrons. The Morgan fingerprint density at radius 1 is 1.44 bits per heavy atom. The van der Waals surface area contributed by atoms with Crippen LogP contribution in [0.3, 0.4) is 0 Å². The molecule has 0 amide bonds. The molecule has 0 aliphatic heterocycles. The van der Waals surface area contributed by atoms with Crippen LogP contribution in [0, 0.1) is 6.92 Å². The van der Waals surface area contributed by atoms with Crippen LogP contribution in [0.25, 0.3) is 0 Å². The number of hydrogen-bond acceptors (Lipinski definition) is 1. The maximum atomic E-state index is 10.6. The molecule has 0 aromatic heterocycles. The summed E-state index contributed by atoms with van der Waals surface area (Å²) in [4.78, 5) is 10.6. The van der Waals surface area contributed by atoms with Crippen molar-refractivity contribution in [2.45, 2.75) is 33.1 Å². The fourth-order valence-corrected chi connectivity index (χ4v) is 0.962. The Morgan fingerprint density at radius 3 is 2.33 bits per heavy atom. The summed E-state index contributed by atoms with van der Waals surface area (Å²) in [5.41, 5.74) is 2.43. The van der Waals surface area contributed by atoms with Crippen molar-refractivity contribution in [2.24, 2.45) is 0 Å². The van der Waals surface area contributed by atoms with Gasteiger partial charge in [-0.15, -0.1) is 0 Å². The van der Waals surface area contributed by atoms with Crippen molar-refractivity contribution in [3.05, 3.63) is 21.4 Å². The second kappa shape index (κ2) is 2.34. The third kappa shape index (κ3) is 1.21. The normalized spacial score (nSPS) is 10.9. The second-order valence-corrected chi connectivity index (χ2v) is 2.54. The van der Waals surface area contributed by atoms with Crippen molar-refractivity contribution in [1.82, 2.24) is 0 Å². The first kappa shape index (κ1) is 6.53. The minimum atomic E-state index is 0.323. The predicted molar refractivity (Wildman–Crippen MR) is 38.4 cm³/mol. The lowest BCUT2D eigenvalue weighted by molar-refractivity contribution is 0.802. The van der Waals surface area contributed by atoms with Gasteiger partial charge in [-0.1, -0.05) is 13.3 Å². The van der Waals surface area contributed by atoms with Crippen LogP contribution in [0.4, 0.5) is 0 Å². The van der Waals surface area contributed by atoms with E-state index in [1.807, 2.05) is 6.92 Å². The van der Waals surface area contributed by atoms with E-state index in [2.05, 4.69) is 6.92 Å². The zero-order valence-electron chi connectivity index (χ0n) is 6.03. The Labute approximate surface area is 55.4 Å². The summed E-state index contributed by atoms with van der Waals surface area (Å²) in [6, 6.07) is 0. The second-order valence-electron chi connectivity index (χ2n) is 2.54. The van der Waals surface area contributed by atoms with Gasteiger partial charge in [-0.3, -0.25) is 4.79 Å². The molecule has 0 saturated carbocycles. The molecule has 0 spiro atoms. The average molecular weight is 124 g/mol. The number of rotatable bonds is 3. The van der Waals surface area contributed by atoms with E-state index < -0.39 is 0 Å². The summed E-state index contributed by atoms with van der Waals surface area (Å²) in [6.07, 6.45) is 3.36. The van der Waals surface area contributed by atoms with Gasteiger partial charge in [0.2, 0.25) is 0 Å². The van der Waals surface area contributed by atoms with Crippen molar-refractivity contribution in [1.29, 1.82) is 0 Å². The first-order valence-electron chi connectivity index (χ1n) is 3.51. The van der Waals surface area contributed by atoms with Crippen molar-refractivity contribution in [3.63, 3.8) is 0 Å². The molecule has 0 N–H and O–H groups in total. The Morgan fingerprint density at radius 2 is 2.00 bits per heavy atom. The highest BCUT2D eigenvalue weighted by molar-refractivity contribution is 5.37. The highest BCUT2D eigenvalue weighted by Crippen LogP contribution is 2.09. The molecule has 0 unspecified atom stereocenters. The maximum absolute atomic E-state index is 10.6. The molecule has 0 fully saturated rings. The van der Waals surface area contributed by atoms with Crippen molar-refractivity contribution >= 4 is 0 Å². The summed E-state index contributed by atoms with van der Waals surface area (Å²) in [7, 11) is 0. The predicted octanol–water partition coefficient (Wildman–Crippen LogP) is 1.57.